The summed E-state index contributed by atoms with van der Waals surface area (Å²) in [6.07, 6.45) is 0.487. The number of hydrogen-bond acceptors (Lipinski definition) is 4. The monoisotopic (exact) mass is 363 g/mol. The summed E-state index contributed by atoms with van der Waals surface area (Å²) in [5.41, 5.74) is 1.02. The number of aliphatic carboxylic acids is 1. The smallest absolute Gasteiger partial charge is 0.303 e. The number of hydrogen-bond donors (Lipinski definition) is 2. The van der Waals surface area contributed by atoms with E-state index in [-0.39, 0.29) is 12.3 Å². The fraction of sp³-hybridized carbons (Fsp3) is 0.222. The molecule has 132 valence electrons. The second-order valence-electron chi connectivity index (χ2n) is 5.17. The molecule has 0 aliphatic rings. The van der Waals surface area contributed by atoms with Gasteiger partial charge in [-0.1, -0.05) is 11.6 Å². The van der Waals surface area contributed by atoms with Crippen LogP contribution in [0, 0.1) is 0 Å². The molecule has 7 heteroatoms. The molecule has 0 radical (unpaired) electrons. The Morgan fingerprint density at radius 3 is 2.48 bits per heavy atom. The number of anilines is 1. The molecule has 0 aromatic heterocycles. The van der Waals surface area contributed by atoms with Crippen LogP contribution in [0.4, 0.5) is 5.69 Å². The van der Waals surface area contributed by atoms with Gasteiger partial charge >= 0.3 is 5.97 Å². The number of ether oxygens (including phenoxy) is 2. The van der Waals surface area contributed by atoms with E-state index in [1.165, 1.54) is 7.11 Å². The van der Waals surface area contributed by atoms with E-state index in [0.29, 0.717) is 40.8 Å². The first-order valence-corrected chi connectivity index (χ1v) is 7.97. The van der Waals surface area contributed by atoms with Crippen molar-refractivity contribution in [3.05, 3.63) is 53.1 Å². The van der Waals surface area contributed by atoms with Crippen molar-refractivity contribution in [1.29, 1.82) is 0 Å². The van der Waals surface area contributed by atoms with Gasteiger partial charge in [0.25, 0.3) is 5.91 Å². The summed E-state index contributed by atoms with van der Waals surface area (Å²) in [5, 5.41) is 11.7. The van der Waals surface area contributed by atoms with E-state index < -0.39 is 5.97 Å². The number of nitrogens with one attached hydrogen (secondary N) is 1. The van der Waals surface area contributed by atoms with Crippen molar-refractivity contribution in [2.75, 3.05) is 19.0 Å². The van der Waals surface area contributed by atoms with Crippen LogP contribution in [0.5, 0.6) is 11.5 Å². The average Bonchev–Trinajstić information content (AvgIpc) is 2.59. The third-order valence-electron chi connectivity index (χ3n) is 3.33. The van der Waals surface area contributed by atoms with E-state index in [9.17, 15) is 9.59 Å². The highest BCUT2D eigenvalue weighted by Gasteiger charge is 2.08. The Morgan fingerprint density at radius 2 is 1.88 bits per heavy atom. The van der Waals surface area contributed by atoms with Crippen LogP contribution in [0.3, 0.4) is 0 Å². The topological polar surface area (TPSA) is 84.9 Å². The van der Waals surface area contributed by atoms with Crippen molar-refractivity contribution in [1.82, 2.24) is 0 Å². The molecule has 0 heterocycles. The minimum absolute atomic E-state index is 0.0604. The van der Waals surface area contributed by atoms with E-state index >= 15 is 0 Å². The van der Waals surface area contributed by atoms with Gasteiger partial charge in [-0.25, -0.2) is 0 Å². The van der Waals surface area contributed by atoms with Crippen LogP contribution in [-0.2, 0) is 4.79 Å². The normalized spacial score (nSPS) is 10.2. The van der Waals surface area contributed by atoms with Crippen LogP contribution in [0.15, 0.2) is 42.5 Å². The van der Waals surface area contributed by atoms with Crippen molar-refractivity contribution >= 4 is 29.2 Å². The predicted octanol–water partition coefficient (Wildman–Crippen LogP) is 3.84. The van der Waals surface area contributed by atoms with Gasteiger partial charge in [0.2, 0.25) is 0 Å². The third-order valence-corrected chi connectivity index (χ3v) is 3.63. The largest absolute Gasteiger partial charge is 0.495 e. The molecule has 0 fully saturated rings. The number of carboxylic acids is 1. The first-order chi connectivity index (χ1) is 12.0. The number of amides is 1. The van der Waals surface area contributed by atoms with Crippen LogP contribution >= 0.6 is 11.6 Å². The minimum atomic E-state index is -0.853. The maximum absolute atomic E-state index is 12.2. The lowest BCUT2D eigenvalue weighted by Gasteiger charge is -2.09. The molecular weight excluding hydrogens is 346 g/mol. The SMILES string of the molecule is COc1ccc(NC(=O)c2ccc(OCCCC(=O)O)cc2)cc1Cl. The summed E-state index contributed by atoms with van der Waals surface area (Å²) in [6.45, 7) is 0.308. The average molecular weight is 364 g/mol. The van der Waals surface area contributed by atoms with E-state index in [1.807, 2.05) is 0 Å². The van der Waals surface area contributed by atoms with E-state index in [4.69, 9.17) is 26.2 Å². The molecule has 0 bridgehead atoms. The summed E-state index contributed by atoms with van der Waals surface area (Å²) in [5.74, 6) is -0.0218. The van der Waals surface area contributed by atoms with Gasteiger partial charge in [0.1, 0.15) is 11.5 Å². The Labute approximate surface area is 150 Å². The lowest BCUT2D eigenvalue weighted by molar-refractivity contribution is -0.137. The zero-order chi connectivity index (χ0) is 18.2. The molecule has 1 amide bonds. The molecule has 0 saturated heterocycles. The third kappa shape index (κ3) is 5.69. The summed E-state index contributed by atoms with van der Waals surface area (Å²) in [4.78, 5) is 22.7. The predicted molar refractivity (Wildman–Crippen MR) is 94.8 cm³/mol. The number of rotatable bonds is 8. The van der Waals surface area contributed by atoms with Crippen LogP contribution in [0.2, 0.25) is 5.02 Å². The van der Waals surface area contributed by atoms with Gasteiger partial charge in [-0.05, 0) is 48.9 Å². The van der Waals surface area contributed by atoms with Gasteiger partial charge in [-0.15, -0.1) is 0 Å². The zero-order valence-electron chi connectivity index (χ0n) is 13.6. The number of halogens is 1. The van der Waals surface area contributed by atoms with Gasteiger partial charge in [0.05, 0.1) is 18.7 Å². The summed E-state index contributed by atoms with van der Waals surface area (Å²) < 4.78 is 10.5. The Hall–Kier alpha value is -2.73. The maximum Gasteiger partial charge on any atom is 0.303 e. The van der Waals surface area contributed by atoms with Crippen LogP contribution in [0.1, 0.15) is 23.2 Å². The van der Waals surface area contributed by atoms with E-state index in [0.717, 1.165) is 0 Å². The summed E-state index contributed by atoms with van der Waals surface area (Å²) in [7, 11) is 1.52. The van der Waals surface area contributed by atoms with Crippen LogP contribution in [-0.4, -0.2) is 30.7 Å². The Morgan fingerprint density at radius 1 is 1.16 bits per heavy atom. The molecule has 0 aliphatic carbocycles. The second-order valence-corrected chi connectivity index (χ2v) is 5.58. The first-order valence-electron chi connectivity index (χ1n) is 7.59. The number of benzene rings is 2. The van der Waals surface area contributed by atoms with Gasteiger partial charge in [0.15, 0.2) is 0 Å². The molecule has 6 nitrogen and oxygen atoms in total. The van der Waals surface area contributed by atoms with Crippen molar-refractivity contribution in [2.24, 2.45) is 0 Å². The molecular formula is C18H18ClNO5. The maximum atomic E-state index is 12.2. The molecule has 2 aromatic carbocycles. The van der Waals surface area contributed by atoms with Crippen molar-refractivity contribution in [3.63, 3.8) is 0 Å². The highest BCUT2D eigenvalue weighted by atomic mass is 35.5. The number of carboxylic acid groups (broad SMARTS) is 1. The molecule has 25 heavy (non-hydrogen) atoms. The van der Waals surface area contributed by atoms with Gasteiger partial charge in [-0.3, -0.25) is 9.59 Å². The molecule has 0 unspecified atom stereocenters. The Kier molecular flexibility index (Phi) is 6.65. The molecule has 2 aromatic rings. The highest BCUT2D eigenvalue weighted by molar-refractivity contribution is 6.32. The lowest BCUT2D eigenvalue weighted by atomic mass is 10.2. The quantitative estimate of drug-likeness (QED) is 0.696. The number of carbonyl (C=O) groups excluding carboxylic acids is 1. The molecule has 2 rings (SSSR count). The molecule has 0 saturated carbocycles. The molecule has 0 atom stereocenters. The van der Waals surface area contributed by atoms with Gasteiger partial charge < -0.3 is 19.9 Å². The fourth-order valence-corrected chi connectivity index (χ4v) is 2.32. The number of methoxy groups -OCH3 is 1. The van der Waals surface area contributed by atoms with Crippen LogP contribution < -0.4 is 14.8 Å². The van der Waals surface area contributed by atoms with Crippen molar-refractivity contribution in [3.8, 4) is 11.5 Å². The van der Waals surface area contributed by atoms with Crippen molar-refractivity contribution in [2.45, 2.75) is 12.8 Å². The van der Waals surface area contributed by atoms with E-state index in [2.05, 4.69) is 5.32 Å². The molecule has 0 aliphatic heterocycles. The second kappa shape index (κ2) is 8.94. The first kappa shape index (κ1) is 18.6. The molecule has 0 spiro atoms. The van der Waals surface area contributed by atoms with Crippen LogP contribution in [0.25, 0.3) is 0 Å². The standard InChI is InChI=1S/C18H18ClNO5/c1-24-16-9-6-13(11-15(16)19)20-18(23)12-4-7-14(8-5-12)25-10-2-3-17(21)22/h4-9,11H,2-3,10H2,1H3,(H,20,23)(H,21,22). The minimum Gasteiger partial charge on any atom is -0.495 e. The summed E-state index contributed by atoms with van der Waals surface area (Å²) >= 11 is 6.03. The summed E-state index contributed by atoms with van der Waals surface area (Å²) in [6, 6.07) is 11.6. The van der Waals surface area contributed by atoms with E-state index in [1.54, 1.807) is 42.5 Å². The Bertz CT molecular complexity index is 746. The van der Waals surface area contributed by atoms with Crippen molar-refractivity contribution < 1.29 is 24.2 Å². The molecule has 2 N–H and O–H groups in total. The van der Waals surface area contributed by atoms with Gasteiger partial charge in [0, 0.05) is 17.7 Å². The Balaban J connectivity index is 1.91. The fourth-order valence-electron chi connectivity index (χ4n) is 2.06. The zero-order valence-corrected chi connectivity index (χ0v) is 14.4. The highest BCUT2D eigenvalue weighted by Crippen LogP contribution is 2.27. The number of carbonyl (C=O) groups is 2. The lowest BCUT2D eigenvalue weighted by Crippen LogP contribution is -2.11. The van der Waals surface area contributed by atoms with Gasteiger partial charge in [-0.2, -0.15) is 0 Å².